The van der Waals surface area contributed by atoms with E-state index in [1.165, 1.54) is 44.5 Å². The van der Waals surface area contributed by atoms with Gasteiger partial charge in [0.15, 0.2) is 0 Å². The van der Waals surface area contributed by atoms with E-state index in [1.807, 2.05) is 0 Å². The fourth-order valence-corrected chi connectivity index (χ4v) is 6.51. The Hall–Kier alpha value is -2.84. The van der Waals surface area contributed by atoms with Crippen LogP contribution in [-0.2, 0) is 17.3 Å². The van der Waals surface area contributed by atoms with Crippen LogP contribution in [0, 0.1) is 5.41 Å². The van der Waals surface area contributed by atoms with Crippen LogP contribution in [0.3, 0.4) is 0 Å². The summed E-state index contributed by atoms with van der Waals surface area (Å²) in [5.41, 5.74) is 10.3. The Morgan fingerprint density at radius 3 is 2.06 bits per heavy atom. The molecule has 2 heteroatoms. The van der Waals surface area contributed by atoms with Gasteiger partial charge in [-0.05, 0) is 74.9 Å². The molecule has 4 aromatic carbocycles. The summed E-state index contributed by atoms with van der Waals surface area (Å²) in [6.45, 7) is 13.8. The van der Waals surface area contributed by atoms with Crippen LogP contribution in [0.15, 0.2) is 83.3 Å². The maximum atomic E-state index is 6.54. The zero-order valence-corrected chi connectivity index (χ0v) is 23.6. The van der Waals surface area contributed by atoms with Gasteiger partial charge >= 0.3 is 0 Å². The summed E-state index contributed by atoms with van der Waals surface area (Å²) in [6, 6.07) is 29.4. The summed E-state index contributed by atoms with van der Waals surface area (Å²) >= 11 is 3.79. The summed E-state index contributed by atoms with van der Waals surface area (Å²) in [4.78, 5) is 0. The van der Waals surface area contributed by atoms with Crippen molar-refractivity contribution in [3.63, 3.8) is 0 Å². The molecule has 1 aliphatic heterocycles. The maximum Gasteiger partial charge on any atom is 0.132 e. The third-order valence-electron chi connectivity index (χ3n) is 7.66. The fraction of sp³-hybridized carbons (Fsp3) is 0.294. The number of hydrogen-bond donors (Lipinski definition) is 0. The molecule has 182 valence electrons. The molecular formula is C34H33BrO. The van der Waals surface area contributed by atoms with Crippen molar-refractivity contribution >= 4 is 15.9 Å². The van der Waals surface area contributed by atoms with E-state index < -0.39 is 5.41 Å². The molecule has 0 saturated carbocycles. The van der Waals surface area contributed by atoms with Crippen LogP contribution in [0.2, 0.25) is 0 Å². The Labute approximate surface area is 223 Å². The topological polar surface area (TPSA) is 9.23 Å². The predicted molar refractivity (Wildman–Crippen MR) is 153 cm³/mol. The molecule has 1 atom stereocenters. The Morgan fingerprint density at radius 1 is 0.667 bits per heavy atom. The van der Waals surface area contributed by atoms with Crippen molar-refractivity contribution in [2.45, 2.75) is 58.8 Å². The Balaban J connectivity index is 1.77. The maximum absolute atomic E-state index is 6.54. The number of benzene rings is 4. The van der Waals surface area contributed by atoms with Crippen LogP contribution >= 0.6 is 15.9 Å². The van der Waals surface area contributed by atoms with E-state index in [-0.39, 0.29) is 10.8 Å². The molecule has 1 heterocycles. The second kappa shape index (κ2) is 7.83. The first kappa shape index (κ1) is 23.6. The van der Waals surface area contributed by atoms with E-state index in [0.29, 0.717) is 0 Å². The van der Waals surface area contributed by atoms with E-state index in [1.54, 1.807) is 0 Å². The third-order valence-corrected chi connectivity index (χ3v) is 8.15. The molecule has 0 saturated heterocycles. The Morgan fingerprint density at radius 2 is 1.33 bits per heavy atom. The molecule has 0 bridgehead atoms. The van der Waals surface area contributed by atoms with Crippen LogP contribution in [-0.4, -0.2) is 0 Å². The van der Waals surface area contributed by atoms with Crippen LogP contribution in [0.1, 0.15) is 74.9 Å². The molecule has 0 fully saturated rings. The van der Waals surface area contributed by atoms with Gasteiger partial charge in [-0.1, -0.05) is 112 Å². The number of fused-ring (bicyclic) bond motifs is 9. The van der Waals surface area contributed by atoms with Gasteiger partial charge in [0, 0.05) is 15.6 Å². The number of rotatable bonds is 1. The molecule has 2 aliphatic rings. The number of ether oxygens (including phenoxy) is 1. The van der Waals surface area contributed by atoms with Crippen LogP contribution < -0.4 is 4.74 Å². The van der Waals surface area contributed by atoms with Gasteiger partial charge in [0.1, 0.15) is 11.5 Å². The van der Waals surface area contributed by atoms with E-state index in [4.69, 9.17) is 4.74 Å². The van der Waals surface area contributed by atoms with E-state index in [9.17, 15) is 0 Å². The van der Waals surface area contributed by atoms with Gasteiger partial charge < -0.3 is 4.74 Å². The molecule has 4 aromatic rings. The van der Waals surface area contributed by atoms with Crippen LogP contribution in [0.5, 0.6) is 11.5 Å². The average molecular weight is 538 g/mol. The zero-order chi connectivity index (χ0) is 25.5. The molecule has 0 N–H and O–H groups in total. The second-order valence-electron chi connectivity index (χ2n) is 12.6. The lowest BCUT2D eigenvalue weighted by molar-refractivity contribution is 0.410. The molecule has 1 unspecified atom stereocenters. The van der Waals surface area contributed by atoms with Gasteiger partial charge in [-0.2, -0.15) is 0 Å². The van der Waals surface area contributed by atoms with Crippen molar-refractivity contribution in [3.05, 3.63) is 117 Å². The fourth-order valence-electron chi connectivity index (χ4n) is 6.15. The summed E-state index contributed by atoms with van der Waals surface area (Å²) in [6.07, 6.45) is 1.03. The van der Waals surface area contributed by atoms with Gasteiger partial charge in [-0.25, -0.2) is 0 Å². The summed E-state index contributed by atoms with van der Waals surface area (Å²) in [7, 11) is 0. The minimum absolute atomic E-state index is 0.0488. The second-order valence-corrected chi connectivity index (χ2v) is 13.5. The first-order valence-corrected chi connectivity index (χ1v) is 13.6. The lowest BCUT2D eigenvalue weighted by atomic mass is 9.65. The summed E-state index contributed by atoms with van der Waals surface area (Å²) in [5, 5.41) is 0. The smallest absolute Gasteiger partial charge is 0.132 e. The van der Waals surface area contributed by atoms with Crippen LogP contribution in [0.25, 0.3) is 11.1 Å². The highest BCUT2D eigenvalue weighted by Gasteiger charge is 2.51. The van der Waals surface area contributed by atoms with Crippen molar-refractivity contribution in [1.82, 2.24) is 0 Å². The first-order chi connectivity index (χ1) is 17.0. The number of hydrogen-bond acceptors (Lipinski definition) is 1. The molecular weight excluding hydrogens is 504 g/mol. The van der Waals surface area contributed by atoms with Gasteiger partial charge in [0.2, 0.25) is 0 Å². The largest absolute Gasteiger partial charge is 0.457 e. The lowest BCUT2D eigenvalue weighted by Crippen LogP contribution is -2.32. The molecule has 36 heavy (non-hydrogen) atoms. The zero-order valence-electron chi connectivity index (χ0n) is 22.0. The monoisotopic (exact) mass is 536 g/mol. The highest BCUT2D eigenvalue weighted by Crippen LogP contribution is 2.62. The summed E-state index contributed by atoms with van der Waals surface area (Å²) < 4.78 is 7.60. The molecule has 0 amide bonds. The van der Waals surface area contributed by atoms with Gasteiger partial charge in [-0.3, -0.25) is 0 Å². The van der Waals surface area contributed by atoms with E-state index in [0.717, 1.165) is 22.4 Å². The van der Waals surface area contributed by atoms with Crippen molar-refractivity contribution in [2.24, 2.45) is 5.41 Å². The normalized spacial score (nSPS) is 17.8. The average Bonchev–Trinajstić information content (AvgIpc) is 3.08. The standard InChI is InChI=1S/C34H33BrO/c1-32(2,3)20-21-11-14-24-25-15-12-22(33(4,5)6)18-28(25)34(27(24)17-21)26-9-7-8-10-30(26)36-31-16-13-23(35)19-29(31)34/h7-19H,20H2,1-6H3. The van der Waals surface area contributed by atoms with Crippen molar-refractivity contribution in [1.29, 1.82) is 0 Å². The Bertz CT molecular complexity index is 1520. The van der Waals surface area contributed by atoms with Crippen molar-refractivity contribution < 1.29 is 4.74 Å². The van der Waals surface area contributed by atoms with Crippen molar-refractivity contribution in [2.75, 3.05) is 0 Å². The van der Waals surface area contributed by atoms with E-state index >= 15 is 0 Å². The van der Waals surface area contributed by atoms with Gasteiger partial charge in [0.25, 0.3) is 0 Å². The minimum atomic E-state index is -0.437. The highest BCUT2D eigenvalue weighted by molar-refractivity contribution is 9.10. The molecule has 0 radical (unpaired) electrons. The molecule has 1 aliphatic carbocycles. The number of para-hydroxylation sites is 1. The molecule has 1 spiro atoms. The number of halogens is 1. The Kier molecular flexibility index (Phi) is 5.12. The first-order valence-electron chi connectivity index (χ1n) is 12.8. The quantitative estimate of drug-likeness (QED) is 0.203. The molecule has 6 rings (SSSR count). The predicted octanol–water partition coefficient (Wildman–Crippen LogP) is 9.80. The highest BCUT2D eigenvalue weighted by atomic mass is 79.9. The third kappa shape index (κ3) is 3.49. The van der Waals surface area contributed by atoms with Gasteiger partial charge in [0.05, 0.1) is 5.41 Å². The lowest BCUT2D eigenvalue weighted by Gasteiger charge is -2.40. The van der Waals surface area contributed by atoms with Crippen LogP contribution in [0.4, 0.5) is 0 Å². The molecule has 0 aromatic heterocycles. The molecule has 1 nitrogen and oxygen atoms in total. The SMILES string of the molecule is CC(C)(C)Cc1ccc2c(c1)C1(c3ccccc3Oc3ccc(Br)cc31)c1cc(C(C)(C)C)ccc1-2. The minimum Gasteiger partial charge on any atom is -0.457 e. The summed E-state index contributed by atoms with van der Waals surface area (Å²) in [5.74, 6) is 1.87. The van der Waals surface area contributed by atoms with E-state index in [2.05, 4.69) is 136 Å². The van der Waals surface area contributed by atoms with Crippen molar-refractivity contribution in [3.8, 4) is 22.6 Å². The van der Waals surface area contributed by atoms with Gasteiger partial charge in [-0.15, -0.1) is 0 Å².